The number of nitrogens with zero attached hydrogens (tertiary/aromatic N) is 2. The first-order valence-electron chi connectivity index (χ1n) is 4.46. The van der Waals surface area contributed by atoms with E-state index in [4.69, 9.17) is 0 Å². The molecule has 2 heterocycles. The van der Waals surface area contributed by atoms with E-state index in [9.17, 15) is 4.79 Å². The number of aromatic amines is 1. The molecule has 0 radical (unpaired) electrons. The van der Waals surface area contributed by atoms with Crippen molar-refractivity contribution in [2.24, 2.45) is 0 Å². The molecular formula is C9H10N4OS. The van der Waals surface area contributed by atoms with E-state index in [2.05, 4.69) is 19.9 Å². The Balaban J connectivity index is 1.96. The molecule has 0 atom stereocenters. The van der Waals surface area contributed by atoms with Crippen LogP contribution in [0.25, 0.3) is 0 Å². The van der Waals surface area contributed by atoms with Crippen LogP contribution in [0.2, 0.25) is 0 Å². The number of aromatic nitrogens is 3. The molecule has 0 unspecified atom stereocenters. The maximum absolute atomic E-state index is 11.6. The topological polar surface area (TPSA) is 70.7 Å². The van der Waals surface area contributed by atoms with E-state index in [0.717, 1.165) is 17.1 Å². The third-order valence-corrected chi connectivity index (χ3v) is 2.80. The normalized spacial score (nSPS) is 10.2. The summed E-state index contributed by atoms with van der Waals surface area (Å²) in [6, 6.07) is 1.91. The van der Waals surface area contributed by atoms with Crippen molar-refractivity contribution in [2.75, 3.05) is 0 Å². The van der Waals surface area contributed by atoms with E-state index in [-0.39, 0.29) is 5.91 Å². The second-order valence-corrected chi connectivity index (χ2v) is 3.84. The van der Waals surface area contributed by atoms with Gasteiger partial charge < -0.3 is 10.3 Å². The summed E-state index contributed by atoms with van der Waals surface area (Å²) in [5, 5.41) is 6.58. The zero-order valence-electron chi connectivity index (χ0n) is 8.15. The Kier molecular flexibility index (Phi) is 2.77. The number of amides is 1. The van der Waals surface area contributed by atoms with Crippen LogP contribution >= 0.6 is 11.5 Å². The highest BCUT2D eigenvalue weighted by Gasteiger charge is 2.12. The van der Waals surface area contributed by atoms with Gasteiger partial charge in [-0.25, -0.2) is 0 Å². The Hall–Kier alpha value is -1.69. The largest absolute Gasteiger partial charge is 0.367 e. The lowest BCUT2D eigenvalue weighted by Gasteiger charge is -2.00. The summed E-state index contributed by atoms with van der Waals surface area (Å²) >= 11 is 1.11. The fourth-order valence-electron chi connectivity index (χ4n) is 1.17. The summed E-state index contributed by atoms with van der Waals surface area (Å²) in [6.07, 6.45) is 3.67. The third kappa shape index (κ3) is 2.21. The average molecular weight is 222 g/mol. The molecule has 5 nitrogen and oxygen atoms in total. The van der Waals surface area contributed by atoms with Gasteiger partial charge in [-0.3, -0.25) is 4.79 Å². The van der Waals surface area contributed by atoms with Crippen LogP contribution in [0, 0.1) is 6.92 Å². The summed E-state index contributed by atoms with van der Waals surface area (Å²) in [6.45, 7) is 2.29. The first kappa shape index (κ1) is 9.85. The number of carbonyl (C=O) groups is 1. The lowest BCUT2D eigenvalue weighted by Crippen LogP contribution is -2.22. The molecule has 2 aromatic heterocycles. The van der Waals surface area contributed by atoms with Crippen molar-refractivity contribution in [1.29, 1.82) is 0 Å². The van der Waals surface area contributed by atoms with Crippen LogP contribution in [-0.4, -0.2) is 20.5 Å². The van der Waals surface area contributed by atoms with Gasteiger partial charge >= 0.3 is 0 Å². The molecule has 0 saturated carbocycles. The fourth-order valence-corrected chi connectivity index (χ4v) is 1.74. The van der Waals surface area contributed by atoms with Gasteiger partial charge in [0.1, 0.15) is 4.88 Å². The van der Waals surface area contributed by atoms with E-state index in [1.54, 1.807) is 6.92 Å². The standard InChI is InChI=1S/C9H10N4OS/c1-6-8(15-13-12-6)9(14)11-5-7-2-3-10-4-7/h2-4,10H,5H2,1H3,(H,11,14). The molecule has 0 aromatic carbocycles. The van der Waals surface area contributed by atoms with Gasteiger partial charge in [0.2, 0.25) is 0 Å². The minimum Gasteiger partial charge on any atom is -0.367 e. The van der Waals surface area contributed by atoms with Crippen LogP contribution in [0.4, 0.5) is 0 Å². The van der Waals surface area contributed by atoms with Crippen LogP contribution < -0.4 is 5.32 Å². The number of H-pyrrole nitrogens is 1. The molecule has 6 heteroatoms. The second kappa shape index (κ2) is 4.22. The molecule has 0 bridgehead atoms. The monoisotopic (exact) mass is 222 g/mol. The highest BCUT2D eigenvalue weighted by atomic mass is 32.1. The zero-order valence-corrected chi connectivity index (χ0v) is 8.97. The third-order valence-electron chi connectivity index (χ3n) is 1.97. The molecular weight excluding hydrogens is 212 g/mol. The molecule has 2 aromatic rings. The van der Waals surface area contributed by atoms with Crippen LogP contribution in [0.1, 0.15) is 20.9 Å². The predicted octanol–water partition coefficient (Wildman–Crippen LogP) is 1.10. The molecule has 0 aliphatic carbocycles. The summed E-state index contributed by atoms with van der Waals surface area (Å²) in [5.41, 5.74) is 1.71. The molecule has 15 heavy (non-hydrogen) atoms. The highest BCUT2D eigenvalue weighted by molar-refractivity contribution is 7.07. The van der Waals surface area contributed by atoms with Crippen LogP contribution in [0.5, 0.6) is 0 Å². The fraction of sp³-hybridized carbons (Fsp3) is 0.222. The van der Waals surface area contributed by atoms with E-state index >= 15 is 0 Å². The number of carbonyl (C=O) groups excluding carboxylic acids is 1. The summed E-state index contributed by atoms with van der Waals surface area (Å²) in [5.74, 6) is -0.122. The van der Waals surface area contributed by atoms with Crippen LogP contribution in [0.3, 0.4) is 0 Å². The molecule has 0 fully saturated rings. The highest BCUT2D eigenvalue weighted by Crippen LogP contribution is 2.08. The van der Waals surface area contributed by atoms with Gasteiger partial charge in [0.05, 0.1) is 5.69 Å². The lowest BCUT2D eigenvalue weighted by atomic mass is 10.3. The number of hydrogen-bond donors (Lipinski definition) is 2. The lowest BCUT2D eigenvalue weighted by molar-refractivity contribution is 0.0954. The van der Waals surface area contributed by atoms with Gasteiger partial charge in [-0.1, -0.05) is 4.49 Å². The minimum atomic E-state index is -0.122. The van der Waals surface area contributed by atoms with Crippen molar-refractivity contribution < 1.29 is 4.79 Å². The minimum absolute atomic E-state index is 0.122. The zero-order chi connectivity index (χ0) is 10.7. The summed E-state index contributed by atoms with van der Waals surface area (Å²) in [4.78, 5) is 15.1. The van der Waals surface area contributed by atoms with Crippen molar-refractivity contribution in [2.45, 2.75) is 13.5 Å². The van der Waals surface area contributed by atoms with Gasteiger partial charge in [-0.15, -0.1) is 5.10 Å². The van der Waals surface area contributed by atoms with Crippen molar-refractivity contribution >= 4 is 17.4 Å². The van der Waals surface area contributed by atoms with Gasteiger partial charge in [0.25, 0.3) is 5.91 Å². The summed E-state index contributed by atoms with van der Waals surface area (Å²) < 4.78 is 3.71. The number of aryl methyl sites for hydroxylation is 1. The van der Waals surface area contributed by atoms with Crippen molar-refractivity contribution in [3.63, 3.8) is 0 Å². The Bertz CT molecular complexity index is 448. The molecule has 2 N–H and O–H groups in total. The van der Waals surface area contributed by atoms with Crippen LogP contribution in [0.15, 0.2) is 18.5 Å². The van der Waals surface area contributed by atoms with E-state index < -0.39 is 0 Å². The van der Waals surface area contributed by atoms with Gasteiger partial charge in [0, 0.05) is 18.9 Å². The smallest absolute Gasteiger partial charge is 0.265 e. The van der Waals surface area contributed by atoms with Gasteiger partial charge in [0.15, 0.2) is 0 Å². The summed E-state index contributed by atoms with van der Waals surface area (Å²) in [7, 11) is 0. The SMILES string of the molecule is Cc1nnsc1C(=O)NCc1cc[nH]c1. The Morgan fingerprint density at radius 1 is 1.67 bits per heavy atom. The van der Waals surface area contributed by atoms with Gasteiger partial charge in [-0.2, -0.15) is 0 Å². The molecule has 2 rings (SSSR count). The molecule has 0 aliphatic heterocycles. The number of hydrogen-bond acceptors (Lipinski definition) is 4. The van der Waals surface area contributed by atoms with E-state index in [1.807, 2.05) is 18.5 Å². The first-order valence-corrected chi connectivity index (χ1v) is 5.23. The molecule has 0 aliphatic rings. The average Bonchev–Trinajstić information content (AvgIpc) is 2.84. The first-order chi connectivity index (χ1) is 7.27. The van der Waals surface area contributed by atoms with Crippen molar-refractivity contribution in [1.82, 2.24) is 19.9 Å². The van der Waals surface area contributed by atoms with E-state index in [1.165, 1.54) is 0 Å². The predicted molar refractivity (Wildman–Crippen MR) is 56.6 cm³/mol. The van der Waals surface area contributed by atoms with Crippen LogP contribution in [-0.2, 0) is 6.54 Å². The van der Waals surface area contributed by atoms with Gasteiger partial charge in [-0.05, 0) is 30.1 Å². The molecule has 1 amide bonds. The van der Waals surface area contributed by atoms with Crippen molar-refractivity contribution in [3.05, 3.63) is 34.6 Å². The molecule has 0 spiro atoms. The number of nitrogens with one attached hydrogen (secondary N) is 2. The van der Waals surface area contributed by atoms with E-state index in [0.29, 0.717) is 17.1 Å². The molecule has 78 valence electrons. The Labute approximate surface area is 90.7 Å². The number of rotatable bonds is 3. The Morgan fingerprint density at radius 3 is 3.13 bits per heavy atom. The second-order valence-electron chi connectivity index (χ2n) is 3.09. The quantitative estimate of drug-likeness (QED) is 0.817. The maximum atomic E-state index is 11.6. The van der Waals surface area contributed by atoms with Crippen molar-refractivity contribution in [3.8, 4) is 0 Å². The Morgan fingerprint density at radius 2 is 2.53 bits per heavy atom. The molecule has 0 saturated heterocycles. The maximum Gasteiger partial charge on any atom is 0.265 e.